The fourth-order valence-corrected chi connectivity index (χ4v) is 3.80. The molecular weight excluding hydrogens is 412 g/mol. The molecule has 2 fully saturated rings. The number of morpholine rings is 1. The summed E-state index contributed by atoms with van der Waals surface area (Å²) in [5.74, 6) is -0.663. The number of amides is 3. The van der Waals surface area contributed by atoms with Gasteiger partial charge in [-0.15, -0.1) is 0 Å². The fourth-order valence-electron chi connectivity index (χ4n) is 2.96. The zero-order valence-electron chi connectivity index (χ0n) is 16.7. The van der Waals surface area contributed by atoms with E-state index in [0.717, 1.165) is 16.7 Å². The van der Waals surface area contributed by atoms with Crippen LogP contribution in [-0.2, 0) is 19.1 Å². The molecule has 9 nitrogen and oxygen atoms in total. The number of rotatable bonds is 6. The summed E-state index contributed by atoms with van der Waals surface area (Å²) in [6.45, 7) is 4.92. The van der Waals surface area contributed by atoms with Crippen LogP contribution in [0.25, 0.3) is 6.08 Å². The average molecular weight is 434 g/mol. The highest BCUT2D eigenvalue weighted by Gasteiger charge is 2.37. The summed E-state index contributed by atoms with van der Waals surface area (Å²) in [5, 5.41) is -0.491. The number of carbonyl (C=O) groups is 4. The van der Waals surface area contributed by atoms with Crippen molar-refractivity contribution in [3.63, 3.8) is 0 Å². The van der Waals surface area contributed by atoms with Crippen LogP contribution in [-0.4, -0.2) is 72.3 Å². The molecule has 0 spiro atoms. The zero-order valence-corrected chi connectivity index (χ0v) is 17.5. The van der Waals surface area contributed by atoms with Gasteiger partial charge in [0.2, 0.25) is 5.91 Å². The molecule has 0 bridgehead atoms. The van der Waals surface area contributed by atoms with Gasteiger partial charge in [0.25, 0.3) is 11.1 Å². The van der Waals surface area contributed by atoms with Gasteiger partial charge in [0, 0.05) is 20.0 Å². The summed E-state index contributed by atoms with van der Waals surface area (Å²) in [4.78, 5) is 51.3. The van der Waals surface area contributed by atoms with Gasteiger partial charge in [-0.2, -0.15) is 0 Å². The normalized spacial score (nSPS) is 18.1. The van der Waals surface area contributed by atoms with Crippen molar-refractivity contribution in [1.29, 1.82) is 0 Å². The first kappa shape index (κ1) is 21.8. The van der Waals surface area contributed by atoms with Crippen molar-refractivity contribution in [2.45, 2.75) is 13.8 Å². The number of hydrogen-bond donors (Lipinski definition) is 0. The van der Waals surface area contributed by atoms with Gasteiger partial charge in [0.1, 0.15) is 6.54 Å². The van der Waals surface area contributed by atoms with Crippen LogP contribution in [0.3, 0.4) is 0 Å². The Hall–Kier alpha value is -2.85. The second-order valence-electron chi connectivity index (χ2n) is 6.49. The van der Waals surface area contributed by atoms with Crippen molar-refractivity contribution in [1.82, 2.24) is 9.80 Å². The standard InChI is InChI=1S/C20H22N2O7S/c1-3-28-16-10-14(4-5-15(16)29-13(2)23)11-17-19(25)22(20(26)30-17)12-18(24)21-6-8-27-9-7-21/h4-5,10-11H,3,6-9,12H2,1-2H3/b17-11-. The molecule has 1 aromatic carbocycles. The second-order valence-corrected chi connectivity index (χ2v) is 7.49. The van der Waals surface area contributed by atoms with E-state index in [1.165, 1.54) is 6.92 Å². The summed E-state index contributed by atoms with van der Waals surface area (Å²) >= 11 is 0.776. The molecule has 1 aromatic rings. The summed E-state index contributed by atoms with van der Waals surface area (Å²) < 4.78 is 15.8. The van der Waals surface area contributed by atoms with E-state index in [4.69, 9.17) is 14.2 Å². The average Bonchev–Trinajstić information content (AvgIpc) is 2.98. The number of carbonyl (C=O) groups excluding carboxylic acids is 4. The Balaban J connectivity index is 1.75. The van der Waals surface area contributed by atoms with Crippen molar-refractivity contribution in [3.05, 3.63) is 28.7 Å². The van der Waals surface area contributed by atoms with Crippen molar-refractivity contribution in [2.24, 2.45) is 0 Å². The van der Waals surface area contributed by atoms with Gasteiger partial charge in [-0.05, 0) is 42.5 Å². The van der Waals surface area contributed by atoms with E-state index >= 15 is 0 Å². The molecular formula is C20H22N2O7S. The van der Waals surface area contributed by atoms with Crippen LogP contribution >= 0.6 is 11.8 Å². The monoisotopic (exact) mass is 434 g/mol. The van der Waals surface area contributed by atoms with Crippen LogP contribution in [0.2, 0.25) is 0 Å². The molecule has 2 aliphatic heterocycles. The molecule has 160 valence electrons. The maximum Gasteiger partial charge on any atom is 0.308 e. The minimum Gasteiger partial charge on any atom is -0.490 e. The molecule has 0 aliphatic carbocycles. The Morgan fingerprint density at radius 1 is 1.20 bits per heavy atom. The minimum atomic E-state index is -0.520. The maximum absolute atomic E-state index is 12.7. The quantitative estimate of drug-likeness (QED) is 0.380. The molecule has 0 saturated carbocycles. The van der Waals surface area contributed by atoms with Crippen LogP contribution in [0.5, 0.6) is 11.5 Å². The Morgan fingerprint density at radius 3 is 2.60 bits per heavy atom. The molecule has 0 aromatic heterocycles. The largest absolute Gasteiger partial charge is 0.490 e. The number of imide groups is 1. The molecule has 3 amide bonds. The lowest BCUT2D eigenvalue weighted by Crippen LogP contribution is -2.46. The first-order chi connectivity index (χ1) is 14.4. The molecule has 0 N–H and O–H groups in total. The van der Waals surface area contributed by atoms with Gasteiger partial charge >= 0.3 is 5.97 Å². The number of nitrogens with zero attached hydrogens (tertiary/aromatic N) is 2. The molecule has 3 rings (SSSR count). The molecule has 2 aliphatic rings. The Bertz CT molecular complexity index is 893. The Kier molecular flexibility index (Phi) is 7.11. The lowest BCUT2D eigenvalue weighted by molar-refractivity contribution is -0.139. The van der Waals surface area contributed by atoms with Gasteiger partial charge in [-0.3, -0.25) is 24.1 Å². The van der Waals surface area contributed by atoms with E-state index in [9.17, 15) is 19.2 Å². The van der Waals surface area contributed by atoms with Crippen molar-refractivity contribution >= 4 is 40.9 Å². The first-order valence-corrected chi connectivity index (χ1v) is 10.3. The number of esters is 1. The zero-order chi connectivity index (χ0) is 21.7. The maximum atomic E-state index is 12.7. The molecule has 0 unspecified atom stereocenters. The highest BCUT2D eigenvalue weighted by Crippen LogP contribution is 2.34. The fraction of sp³-hybridized carbons (Fsp3) is 0.400. The van der Waals surface area contributed by atoms with Crippen molar-refractivity contribution in [2.75, 3.05) is 39.5 Å². The van der Waals surface area contributed by atoms with E-state index in [-0.39, 0.29) is 23.1 Å². The molecule has 0 atom stereocenters. The predicted octanol–water partition coefficient (Wildman–Crippen LogP) is 1.91. The van der Waals surface area contributed by atoms with E-state index < -0.39 is 17.1 Å². The Labute approximate surface area is 177 Å². The second kappa shape index (κ2) is 9.77. The van der Waals surface area contributed by atoms with Gasteiger partial charge in [-0.1, -0.05) is 6.07 Å². The third-order valence-corrected chi connectivity index (χ3v) is 5.26. The molecule has 2 saturated heterocycles. The van der Waals surface area contributed by atoms with E-state index in [0.29, 0.717) is 44.2 Å². The van der Waals surface area contributed by atoms with Gasteiger partial charge in [0.05, 0.1) is 24.7 Å². The van der Waals surface area contributed by atoms with Crippen LogP contribution < -0.4 is 9.47 Å². The highest BCUT2D eigenvalue weighted by molar-refractivity contribution is 8.18. The third kappa shape index (κ3) is 5.19. The number of hydrogen-bond acceptors (Lipinski definition) is 8. The van der Waals surface area contributed by atoms with Crippen LogP contribution in [0.15, 0.2) is 23.1 Å². The molecule has 30 heavy (non-hydrogen) atoms. The predicted molar refractivity (Wildman–Crippen MR) is 109 cm³/mol. The summed E-state index contributed by atoms with van der Waals surface area (Å²) in [6.07, 6.45) is 1.55. The number of thioether (sulfide) groups is 1. The lowest BCUT2D eigenvalue weighted by atomic mass is 10.2. The minimum absolute atomic E-state index is 0.206. The van der Waals surface area contributed by atoms with Gasteiger partial charge in [-0.25, -0.2) is 0 Å². The van der Waals surface area contributed by atoms with Gasteiger partial charge < -0.3 is 19.1 Å². The van der Waals surface area contributed by atoms with E-state index in [1.54, 1.807) is 36.1 Å². The lowest BCUT2D eigenvalue weighted by Gasteiger charge is -2.28. The topological polar surface area (TPSA) is 102 Å². The van der Waals surface area contributed by atoms with Crippen LogP contribution in [0.1, 0.15) is 19.4 Å². The first-order valence-electron chi connectivity index (χ1n) is 9.45. The van der Waals surface area contributed by atoms with Crippen LogP contribution in [0, 0.1) is 0 Å². The van der Waals surface area contributed by atoms with Crippen molar-refractivity contribution in [3.8, 4) is 11.5 Å². The summed E-state index contributed by atoms with van der Waals surface area (Å²) in [7, 11) is 0. The molecule has 2 heterocycles. The number of benzene rings is 1. The number of ether oxygens (including phenoxy) is 3. The summed E-state index contributed by atoms with van der Waals surface area (Å²) in [5.41, 5.74) is 0.597. The molecule has 10 heteroatoms. The molecule has 0 radical (unpaired) electrons. The van der Waals surface area contributed by atoms with Gasteiger partial charge in [0.15, 0.2) is 11.5 Å². The van der Waals surface area contributed by atoms with Crippen molar-refractivity contribution < 1.29 is 33.4 Å². The SMILES string of the molecule is CCOc1cc(/C=C2\SC(=O)N(CC(=O)N3CCOCC3)C2=O)ccc1OC(C)=O. The van der Waals surface area contributed by atoms with E-state index in [1.807, 2.05) is 0 Å². The van der Waals surface area contributed by atoms with Crippen LogP contribution in [0.4, 0.5) is 4.79 Å². The smallest absolute Gasteiger partial charge is 0.308 e. The third-order valence-electron chi connectivity index (χ3n) is 4.35. The van der Waals surface area contributed by atoms with E-state index in [2.05, 4.69) is 0 Å². The summed E-state index contributed by atoms with van der Waals surface area (Å²) in [6, 6.07) is 4.83. The highest BCUT2D eigenvalue weighted by atomic mass is 32.2. The Morgan fingerprint density at radius 2 is 1.93 bits per heavy atom.